The highest BCUT2D eigenvalue weighted by Crippen LogP contribution is 2.43. The summed E-state index contributed by atoms with van der Waals surface area (Å²) in [7, 11) is 1.52. The normalized spacial score (nSPS) is 28.2. The summed E-state index contributed by atoms with van der Waals surface area (Å²) < 4.78 is 4.64. The van der Waals surface area contributed by atoms with E-state index in [0.29, 0.717) is 5.76 Å². The Morgan fingerprint density at radius 3 is 2.75 bits per heavy atom. The Labute approximate surface area is 88.6 Å². The molecule has 0 spiro atoms. The van der Waals surface area contributed by atoms with Crippen LogP contribution < -0.4 is 0 Å². The van der Waals surface area contributed by atoms with Gasteiger partial charge < -0.3 is 4.74 Å². The molecule has 0 saturated heterocycles. The van der Waals surface area contributed by atoms with Gasteiger partial charge in [0.05, 0.1) is 10.3 Å². The second kappa shape index (κ2) is 3.50. The molecule has 68 valence electrons. The van der Waals surface area contributed by atoms with E-state index in [1.54, 1.807) is 6.08 Å². The Bertz CT molecular complexity index is 233. The number of hydrogen-bond acceptors (Lipinski definition) is 2. The van der Waals surface area contributed by atoms with Crippen molar-refractivity contribution < 1.29 is 9.53 Å². The van der Waals surface area contributed by atoms with E-state index in [1.807, 2.05) is 6.92 Å². The minimum Gasteiger partial charge on any atom is -0.493 e. The lowest BCUT2D eigenvalue weighted by atomic mass is 9.93. The number of carbonyl (C=O) groups excluding carboxylic acids is 1. The standard InChI is InChI=1S/C8H10Br2O2/c1-5-7(11)6(12-2)3-4-8(5,9)10/h3,5H,4H2,1-2H3. The predicted molar refractivity (Wildman–Crippen MR) is 54.5 cm³/mol. The van der Waals surface area contributed by atoms with Crippen LogP contribution in [-0.4, -0.2) is 16.1 Å². The SMILES string of the molecule is COC1=CCC(Br)(Br)C(C)C1=O. The fourth-order valence-electron chi connectivity index (χ4n) is 1.10. The summed E-state index contributed by atoms with van der Waals surface area (Å²) in [5.41, 5.74) is 0. The van der Waals surface area contributed by atoms with Crippen molar-refractivity contribution in [3.63, 3.8) is 0 Å². The highest BCUT2D eigenvalue weighted by molar-refractivity contribution is 9.25. The topological polar surface area (TPSA) is 26.3 Å². The molecule has 0 amide bonds. The number of carbonyl (C=O) groups is 1. The van der Waals surface area contributed by atoms with Crippen LogP contribution in [0.15, 0.2) is 11.8 Å². The molecule has 0 radical (unpaired) electrons. The Balaban J connectivity index is 2.92. The maximum atomic E-state index is 11.5. The zero-order valence-electron chi connectivity index (χ0n) is 6.93. The second-order valence-corrected chi connectivity index (χ2v) is 6.72. The molecule has 1 aliphatic carbocycles. The van der Waals surface area contributed by atoms with Gasteiger partial charge in [-0.15, -0.1) is 0 Å². The third kappa shape index (κ3) is 1.74. The van der Waals surface area contributed by atoms with Crippen molar-refractivity contribution in [1.29, 1.82) is 0 Å². The summed E-state index contributed by atoms with van der Waals surface area (Å²) in [6, 6.07) is 0. The highest BCUT2D eigenvalue weighted by atomic mass is 79.9. The summed E-state index contributed by atoms with van der Waals surface area (Å²) in [6.45, 7) is 1.87. The summed E-state index contributed by atoms with van der Waals surface area (Å²) in [6.07, 6.45) is 2.55. The number of ether oxygens (including phenoxy) is 1. The van der Waals surface area contributed by atoms with Gasteiger partial charge >= 0.3 is 0 Å². The largest absolute Gasteiger partial charge is 0.493 e. The molecule has 2 nitrogen and oxygen atoms in total. The lowest BCUT2D eigenvalue weighted by molar-refractivity contribution is -0.122. The number of hydrogen-bond donors (Lipinski definition) is 0. The molecule has 1 unspecified atom stereocenters. The van der Waals surface area contributed by atoms with Gasteiger partial charge in [0, 0.05) is 5.92 Å². The van der Waals surface area contributed by atoms with Gasteiger partial charge in [-0.2, -0.15) is 0 Å². The maximum Gasteiger partial charge on any atom is 0.202 e. The van der Waals surface area contributed by atoms with Crippen LogP contribution in [0.3, 0.4) is 0 Å². The number of rotatable bonds is 1. The second-order valence-electron chi connectivity index (χ2n) is 2.82. The third-order valence-corrected chi connectivity index (χ3v) is 4.07. The minimum atomic E-state index is -0.293. The van der Waals surface area contributed by atoms with Crippen molar-refractivity contribution in [2.45, 2.75) is 16.6 Å². The quantitative estimate of drug-likeness (QED) is 0.696. The number of ketones is 1. The molecule has 0 N–H and O–H groups in total. The molecule has 12 heavy (non-hydrogen) atoms. The highest BCUT2D eigenvalue weighted by Gasteiger charge is 2.39. The maximum absolute atomic E-state index is 11.5. The Morgan fingerprint density at radius 2 is 2.25 bits per heavy atom. The fraction of sp³-hybridized carbons (Fsp3) is 0.625. The van der Waals surface area contributed by atoms with Crippen LogP contribution in [0, 0.1) is 5.92 Å². The number of halogens is 2. The van der Waals surface area contributed by atoms with Crippen LogP contribution in [0.4, 0.5) is 0 Å². The first kappa shape index (κ1) is 10.3. The van der Waals surface area contributed by atoms with Gasteiger partial charge in [-0.3, -0.25) is 4.79 Å². The van der Waals surface area contributed by atoms with E-state index in [2.05, 4.69) is 31.9 Å². The Hall–Kier alpha value is 0.170. The zero-order chi connectivity index (χ0) is 9.35. The van der Waals surface area contributed by atoms with E-state index in [0.717, 1.165) is 6.42 Å². The van der Waals surface area contributed by atoms with Crippen LogP contribution in [0.1, 0.15) is 13.3 Å². The van der Waals surface area contributed by atoms with Crippen molar-refractivity contribution in [2.24, 2.45) is 5.92 Å². The van der Waals surface area contributed by atoms with Gasteiger partial charge in [0.1, 0.15) is 0 Å². The number of alkyl halides is 2. The van der Waals surface area contributed by atoms with Crippen molar-refractivity contribution in [1.82, 2.24) is 0 Å². The summed E-state index contributed by atoms with van der Waals surface area (Å²) >= 11 is 6.90. The lowest BCUT2D eigenvalue weighted by Gasteiger charge is -2.29. The van der Waals surface area contributed by atoms with Gasteiger partial charge in [-0.05, 0) is 12.5 Å². The smallest absolute Gasteiger partial charge is 0.202 e. The molecule has 0 saturated carbocycles. The van der Waals surface area contributed by atoms with Crippen molar-refractivity contribution in [3.8, 4) is 0 Å². The summed E-state index contributed by atoms with van der Waals surface area (Å²) in [4.78, 5) is 11.5. The molecule has 0 aromatic heterocycles. The van der Waals surface area contributed by atoms with Crippen LogP contribution in [0.5, 0.6) is 0 Å². The summed E-state index contributed by atoms with van der Waals surface area (Å²) in [5, 5.41) is 0. The van der Waals surface area contributed by atoms with Gasteiger partial charge in [-0.25, -0.2) is 0 Å². The number of Topliss-reactive ketones (excluding diaryl/α,β-unsaturated/α-hetero) is 1. The monoisotopic (exact) mass is 296 g/mol. The molecule has 0 aromatic carbocycles. The van der Waals surface area contributed by atoms with E-state index in [1.165, 1.54) is 7.11 Å². The van der Waals surface area contributed by atoms with Crippen LogP contribution in [-0.2, 0) is 9.53 Å². The first-order valence-corrected chi connectivity index (χ1v) is 5.24. The molecule has 0 bridgehead atoms. The average Bonchev–Trinajstić information content (AvgIpc) is 2.01. The molecular formula is C8H10Br2O2. The Kier molecular flexibility index (Phi) is 2.99. The van der Waals surface area contributed by atoms with E-state index >= 15 is 0 Å². The molecule has 1 atom stereocenters. The first-order valence-electron chi connectivity index (χ1n) is 3.65. The van der Waals surface area contributed by atoms with Gasteiger partial charge in [0.2, 0.25) is 5.78 Å². The van der Waals surface area contributed by atoms with Crippen molar-refractivity contribution >= 4 is 37.6 Å². The molecule has 1 aliphatic rings. The molecule has 4 heteroatoms. The number of allylic oxidation sites excluding steroid dienone is 2. The molecular weight excluding hydrogens is 288 g/mol. The molecule has 0 aromatic rings. The van der Waals surface area contributed by atoms with Crippen LogP contribution >= 0.6 is 31.9 Å². The minimum absolute atomic E-state index is 0.0394. The molecule has 1 rings (SSSR count). The average molecular weight is 298 g/mol. The third-order valence-electron chi connectivity index (χ3n) is 2.05. The zero-order valence-corrected chi connectivity index (χ0v) is 10.1. The number of methoxy groups -OCH3 is 1. The predicted octanol–water partition coefficient (Wildman–Crippen LogP) is 2.61. The van der Waals surface area contributed by atoms with E-state index in [-0.39, 0.29) is 14.9 Å². The van der Waals surface area contributed by atoms with Gasteiger partial charge in [0.25, 0.3) is 0 Å². The van der Waals surface area contributed by atoms with E-state index < -0.39 is 0 Å². The van der Waals surface area contributed by atoms with Crippen molar-refractivity contribution in [2.75, 3.05) is 7.11 Å². The van der Waals surface area contributed by atoms with Crippen LogP contribution in [0.25, 0.3) is 0 Å². The van der Waals surface area contributed by atoms with Gasteiger partial charge in [0.15, 0.2) is 5.76 Å². The van der Waals surface area contributed by atoms with E-state index in [9.17, 15) is 4.79 Å². The molecule has 0 fully saturated rings. The van der Waals surface area contributed by atoms with E-state index in [4.69, 9.17) is 4.74 Å². The summed E-state index contributed by atoms with van der Waals surface area (Å²) in [5.74, 6) is 0.409. The van der Waals surface area contributed by atoms with Crippen molar-refractivity contribution in [3.05, 3.63) is 11.8 Å². The van der Waals surface area contributed by atoms with Crippen LogP contribution in [0.2, 0.25) is 0 Å². The van der Waals surface area contributed by atoms with Gasteiger partial charge in [-0.1, -0.05) is 38.8 Å². The Morgan fingerprint density at radius 1 is 1.67 bits per heavy atom. The molecule has 0 heterocycles. The first-order chi connectivity index (χ1) is 5.49. The lowest BCUT2D eigenvalue weighted by Crippen LogP contribution is -2.34. The molecule has 0 aliphatic heterocycles. The fourth-order valence-corrected chi connectivity index (χ4v) is 1.83.